The average molecular weight is 337 g/mol. The lowest BCUT2D eigenvalue weighted by Crippen LogP contribution is -2.25. The number of nitrogens with one attached hydrogen (secondary N) is 2. The van der Waals surface area contributed by atoms with E-state index < -0.39 is 11.7 Å². The summed E-state index contributed by atoms with van der Waals surface area (Å²) in [6.45, 7) is 1.83. The lowest BCUT2D eigenvalue weighted by atomic mass is 10.2. The van der Waals surface area contributed by atoms with Crippen molar-refractivity contribution in [2.45, 2.75) is 18.5 Å². The minimum Gasteiger partial charge on any atom is -0.467 e. The lowest BCUT2D eigenvalue weighted by Gasteiger charge is -2.08. The van der Waals surface area contributed by atoms with Gasteiger partial charge in [-0.3, -0.25) is 4.79 Å². The van der Waals surface area contributed by atoms with E-state index in [1.54, 1.807) is 19.1 Å². The molecule has 0 aliphatic heterocycles. The molecule has 0 bridgehead atoms. The Morgan fingerprint density at radius 2 is 2.26 bits per heavy atom. The molecule has 0 unspecified atom stereocenters. The van der Waals surface area contributed by atoms with Crippen molar-refractivity contribution in [3.8, 4) is 0 Å². The second-order valence-electron chi connectivity index (χ2n) is 4.48. The third-order valence-corrected chi connectivity index (χ3v) is 3.83. The van der Waals surface area contributed by atoms with Crippen LogP contribution in [0.5, 0.6) is 0 Å². The fourth-order valence-electron chi connectivity index (χ4n) is 1.79. The Morgan fingerprint density at radius 3 is 2.91 bits per heavy atom. The molecule has 0 radical (unpaired) electrons. The van der Waals surface area contributed by atoms with E-state index >= 15 is 0 Å². The molecule has 0 atom stereocenters. The first kappa shape index (κ1) is 16.8. The van der Waals surface area contributed by atoms with Gasteiger partial charge in [0.05, 0.1) is 25.7 Å². The number of ether oxygens (including phenoxy) is 1. The van der Waals surface area contributed by atoms with Gasteiger partial charge in [-0.15, -0.1) is 0 Å². The molecule has 2 rings (SSSR count). The van der Waals surface area contributed by atoms with Crippen molar-refractivity contribution < 1.29 is 18.7 Å². The van der Waals surface area contributed by atoms with Gasteiger partial charge in [0.2, 0.25) is 5.91 Å². The average Bonchev–Trinajstić information content (AvgIpc) is 3.03. The van der Waals surface area contributed by atoms with Gasteiger partial charge in [-0.2, -0.15) is 4.98 Å². The second kappa shape index (κ2) is 7.63. The fourth-order valence-corrected chi connectivity index (χ4v) is 2.69. The molecule has 0 aromatic carbocycles. The molecular weight excluding hydrogens is 322 g/mol. The number of carbonyl (C=O) groups excluding carboxylic acids is 2. The number of aromatic nitrogens is 2. The summed E-state index contributed by atoms with van der Waals surface area (Å²) in [4.78, 5) is 41.2. The van der Waals surface area contributed by atoms with Crippen LogP contribution in [0.2, 0.25) is 0 Å². The molecular formula is C14H15N3O5S. The monoisotopic (exact) mass is 337 g/mol. The van der Waals surface area contributed by atoms with Crippen molar-refractivity contribution in [2.75, 3.05) is 12.9 Å². The van der Waals surface area contributed by atoms with Crippen LogP contribution in [0.3, 0.4) is 0 Å². The summed E-state index contributed by atoms with van der Waals surface area (Å²) in [5.41, 5.74) is -0.0973. The topological polar surface area (TPSA) is 114 Å². The highest BCUT2D eigenvalue weighted by molar-refractivity contribution is 8.00. The van der Waals surface area contributed by atoms with E-state index in [1.165, 1.54) is 13.4 Å². The number of esters is 1. The van der Waals surface area contributed by atoms with Crippen LogP contribution in [0.1, 0.15) is 21.8 Å². The summed E-state index contributed by atoms with van der Waals surface area (Å²) in [5, 5.41) is 2.82. The maximum Gasteiger partial charge on any atom is 0.346 e. The molecule has 2 heterocycles. The molecule has 0 spiro atoms. The van der Waals surface area contributed by atoms with E-state index in [-0.39, 0.29) is 28.8 Å². The Bertz CT molecular complexity index is 754. The summed E-state index contributed by atoms with van der Waals surface area (Å²) >= 11 is 0.990. The standard InChI is InChI=1S/C14H15N3O5S/c1-8-11(13(19)21-2)12(17-14(20)16-8)23-7-10(18)15-6-9-4-3-5-22-9/h3-5H,6-7H2,1-2H3,(H,15,18)(H,16,17,20). The Labute approximate surface area is 135 Å². The van der Waals surface area contributed by atoms with E-state index in [2.05, 4.69) is 20.0 Å². The number of thioether (sulfide) groups is 1. The van der Waals surface area contributed by atoms with Crippen molar-refractivity contribution in [1.82, 2.24) is 15.3 Å². The van der Waals surface area contributed by atoms with Gasteiger partial charge in [-0.1, -0.05) is 11.8 Å². The molecule has 23 heavy (non-hydrogen) atoms. The Balaban J connectivity index is 2.03. The van der Waals surface area contributed by atoms with Crippen LogP contribution in [0, 0.1) is 6.92 Å². The number of aromatic amines is 1. The minimum absolute atomic E-state index is 0.000591. The van der Waals surface area contributed by atoms with Crippen molar-refractivity contribution in [3.63, 3.8) is 0 Å². The largest absolute Gasteiger partial charge is 0.467 e. The van der Waals surface area contributed by atoms with Crippen LogP contribution >= 0.6 is 11.8 Å². The SMILES string of the molecule is COC(=O)c1c(SCC(=O)NCc2ccco2)nc(=O)[nH]c1C. The number of aryl methyl sites for hydroxylation is 1. The van der Waals surface area contributed by atoms with Gasteiger partial charge in [0.15, 0.2) is 0 Å². The Hall–Kier alpha value is -2.55. The first-order chi connectivity index (χ1) is 11.0. The molecule has 0 aliphatic carbocycles. The molecule has 2 N–H and O–H groups in total. The number of amides is 1. The molecule has 8 nitrogen and oxygen atoms in total. The first-order valence-corrected chi connectivity index (χ1v) is 7.61. The Kier molecular flexibility index (Phi) is 5.58. The van der Waals surface area contributed by atoms with E-state index in [0.29, 0.717) is 11.5 Å². The molecule has 0 saturated carbocycles. The third-order valence-electron chi connectivity index (χ3n) is 2.86. The first-order valence-electron chi connectivity index (χ1n) is 6.62. The highest BCUT2D eigenvalue weighted by Crippen LogP contribution is 2.21. The summed E-state index contributed by atoms with van der Waals surface area (Å²) in [6, 6.07) is 3.46. The highest BCUT2D eigenvalue weighted by atomic mass is 32.2. The molecule has 0 saturated heterocycles. The van der Waals surface area contributed by atoms with Gasteiger partial charge >= 0.3 is 11.7 Å². The van der Waals surface area contributed by atoms with Gasteiger partial charge in [-0.05, 0) is 19.1 Å². The number of methoxy groups -OCH3 is 1. The number of carbonyl (C=O) groups is 2. The van der Waals surface area contributed by atoms with Crippen LogP contribution in [-0.4, -0.2) is 34.7 Å². The molecule has 1 amide bonds. The number of hydrogen-bond donors (Lipinski definition) is 2. The van der Waals surface area contributed by atoms with E-state index in [0.717, 1.165) is 11.8 Å². The molecule has 0 aliphatic rings. The normalized spacial score (nSPS) is 10.3. The zero-order valence-corrected chi connectivity index (χ0v) is 13.4. The second-order valence-corrected chi connectivity index (χ2v) is 5.45. The maximum absolute atomic E-state index is 11.8. The number of H-pyrrole nitrogens is 1. The quantitative estimate of drug-likeness (QED) is 0.456. The van der Waals surface area contributed by atoms with Gasteiger partial charge in [0.1, 0.15) is 16.3 Å². The summed E-state index contributed by atoms with van der Waals surface area (Å²) in [6.07, 6.45) is 1.52. The maximum atomic E-state index is 11.8. The van der Waals surface area contributed by atoms with Gasteiger partial charge in [0.25, 0.3) is 0 Å². The zero-order valence-electron chi connectivity index (χ0n) is 12.5. The van der Waals surface area contributed by atoms with Crippen LogP contribution in [0.4, 0.5) is 0 Å². The predicted octanol–water partition coefficient (Wildman–Crippen LogP) is 0.866. The number of hydrogen-bond acceptors (Lipinski definition) is 7. The molecule has 2 aromatic heterocycles. The number of nitrogens with zero attached hydrogens (tertiary/aromatic N) is 1. The molecule has 9 heteroatoms. The number of rotatable bonds is 6. The summed E-state index contributed by atoms with van der Waals surface area (Å²) in [5.74, 6) is -0.268. The molecule has 2 aromatic rings. The van der Waals surface area contributed by atoms with Gasteiger partial charge < -0.3 is 19.5 Å². The van der Waals surface area contributed by atoms with Gasteiger partial charge in [0, 0.05) is 5.69 Å². The molecule has 0 fully saturated rings. The summed E-state index contributed by atoms with van der Waals surface area (Å²) in [7, 11) is 1.23. The molecule has 122 valence electrons. The minimum atomic E-state index is -0.621. The smallest absolute Gasteiger partial charge is 0.346 e. The third kappa shape index (κ3) is 4.46. The van der Waals surface area contributed by atoms with Crippen molar-refractivity contribution in [2.24, 2.45) is 0 Å². The lowest BCUT2D eigenvalue weighted by molar-refractivity contribution is -0.118. The van der Waals surface area contributed by atoms with E-state index in [9.17, 15) is 14.4 Å². The van der Waals surface area contributed by atoms with Crippen molar-refractivity contribution in [1.29, 1.82) is 0 Å². The number of furan rings is 1. The Morgan fingerprint density at radius 1 is 1.48 bits per heavy atom. The van der Waals surface area contributed by atoms with Crippen molar-refractivity contribution >= 4 is 23.6 Å². The van der Waals surface area contributed by atoms with Crippen LogP contribution < -0.4 is 11.0 Å². The van der Waals surface area contributed by atoms with E-state index in [1.807, 2.05) is 0 Å². The predicted molar refractivity (Wildman–Crippen MR) is 82.2 cm³/mol. The van der Waals surface area contributed by atoms with Crippen molar-refractivity contribution in [3.05, 3.63) is 45.9 Å². The van der Waals surface area contributed by atoms with Gasteiger partial charge in [-0.25, -0.2) is 9.59 Å². The van der Waals surface area contributed by atoms with Crippen LogP contribution in [0.15, 0.2) is 32.6 Å². The fraction of sp³-hybridized carbons (Fsp3) is 0.286. The highest BCUT2D eigenvalue weighted by Gasteiger charge is 2.19. The van der Waals surface area contributed by atoms with Crippen LogP contribution in [-0.2, 0) is 16.1 Å². The summed E-state index contributed by atoms with van der Waals surface area (Å²) < 4.78 is 9.78. The zero-order chi connectivity index (χ0) is 16.8. The van der Waals surface area contributed by atoms with Crippen LogP contribution in [0.25, 0.3) is 0 Å². The van der Waals surface area contributed by atoms with E-state index in [4.69, 9.17) is 4.42 Å².